The molecule has 0 radical (unpaired) electrons. The number of hydrogen-bond acceptors (Lipinski definition) is 6. The van der Waals surface area contributed by atoms with Gasteiger partial charge in [0, 0.05) is 19.5 Å². The monoisotopic (exact) mass is 197 g/mol. The Kier molecular flexibility index (Phi) is 2.48. The zero-order valence-corrected chi connectivity index (χ0v) is 7.54. The minimum atomic E-state index is -0.517. The number of nitrogens with zero attached hydrogens (tertiary/aromatic N) is 2. The van der Waals surface area contributed by atoms with Crippen LogP contribution in [-0.2, 0) is 6.42 Å². The van der Waals surface area contributed by atoms with Gasteiger partial charge in [0.2, 0.25) is 0 Å². The minimum Gasteiger partial charge on any atom is -0.356 e. The number of hydrogen-bond donors (Lipinski definition) is 3. The van der Waals surface area contributed by atoms with Crippen molar-refractivity contribution in [3.63, 3.8) is 0 Å². The van der Waals surface area contributed by atoms with E-state index in [-0.39, 0.29) is 0 Å². The lowest BCUT2D eigenvalue weighted by Gasteiger charge is -2.03. The number of nitrogens with one attached hydrogen (secondary N) is 3. The summed E-state index contributed by atoms with van der Waals surface area (Å²) in [6.07, 6.45) is 0.604. The fraction of sp³-hybridized carbons (Fsp3) is 0.571. The van der Waals surface area contributed by atoms with Crippen LogP contribution in [0.1, 0.15) is 5.82 Å². The van der Waals surface area contributed by atoms with Gasteiger partial charge in [0.15, 0.2) is 11.8 Å². The third-order valence-corrected chi connectivity index (χ3v) is 1.81. The molecule has 7 heteroatoms. The lowest BCUT2D eigenvalue weighted by Crippen LogP contribution is -2.35. The maximum atomic E-state index is 10.6. The van der Waals surface area contributed by atoms with Gasteiger partial charge in [-0.25, -0.2) is 4.79 Å². The Bertz CT molecular complexity index is 379. The largest absolute Gasteiger partial charge is 0.438 e. The Morgan fingerprint density at radius 1 is 1.57 bits per heavy atom. The summed E-state index contributed by atoms with van der Waals surface area (Å²) in [6.45, 7) is 2.35. The average molecular weight is 197 g/mol. The SMILES string of the molecule is O=c1[nH]c(CCNC2=NCCN2)no1. The van der Waals surface area contributed by atoms with E-state index >= 15 is 0 Å². The van der Waals surface area contributed by atoms with Crippen molar-refractivity contribution in [2.45, 2.75) is 6.42 Å². The first-order valence-corrected chi connectivity index (χ1v) is 4.41. The third kappa shape index (κ3) is 2.12. The summed E-state index contributed by atoms with van der Waals surface area (Å²) in [6, 6.07) is 0. The molecule has 0 bridgehead atoms. The maximum Gasteiger partial charge on any atom is 0.438 e. The van der Waals surface area contributed by atoms with Gasteiger partial charge < -0.3 is 10.6 Å². The van der Waals surface area contributed by atoms with Crippen molar-refractivity contribution in [2.24, 2.45) is 4.99 Å². The zero-order chi connectivity index (χ0) is 9.80. The van der Waals surface area contributed by atoms with Crippen LogP contribution in [-0.4, -0.2) is 35.7 Å². The van der Waals surface area contributed by atoms with Crippen molar-refractivity contribution >= 4 is 5.96 Å². The first kappa shape index (κ1) is 8.79. The lowest BCUT2D eigenvalue weighted by molar-refractivity contribution is 0.381. The van der Waals surface area contributed by atoms with Gasteiger partial charge in [-0.2, -0.15) is 0 Å². The number of rotatable bonds is 3. The van der Waals surface area contributed by atoms with E-state index in [1.807, 2.05) is 0 Å². The van der Waals surface area contributed by atoms with Crippen LogP contribution in [0.25, 0.3) is 0 Å². The molecule has 0 atom stereocenters. The molecular weight excluding hydrogens is 186 g/mol. The fourth-order valence-electron chi connectivity index (χ4n) is 1.18. The van der Waals surface area contributed by atoms with Crippen LogP contribution < -0.4 is 16.4 Å². The molecule has 0 saturated heterocycles. The van der Waals surface area contributed by atoms with E-state index < -0.39 is 5.76 Å². The molecule has 0 fully saturated rings. The Hall–Kier alpha value is -1.79. The van der Waals surface area contributed by atoms with Crippen molar-refractivity contribution in [2.75, 3.05) is 19.6 Å². The smallest absolute Gasteiger partial charge is 0.356 e. The molecule has 76 valence electrons. The van der Waals surface area contributed by atoms with Crippen molar-refractivity contribution in [3.8, 4) is 0 Å². The Morgan fingerprint density at radius 2 is 2.50 bits per heavy atom. The van der Waals surface area contributed by atoms with Crippen LogP contribution in [0.2, 0.25) is 0 Å². The molecule has 14 heavy (non-hydrogen) atoms. The number of guanidine groups is 1. The van der Waals surface area contributed by atoms with Gasteiger partial charge >= 0.3 is 5.76 Å². The molecule has 0 unspecified atom stereocenters. The van der Waals surface area contributed by atoms with Crippen molar-refractivity contribution < 1.29 is 4.52 Å². The highest BCUT2D eigenvalue weighted by Crippen LogP contribution is 1.86. The second kappa shape index (κ2) is 3.95. The molecule has 2 heterocycles. The number of aliphatic imine (C=N–C) groups is 1. The Labute approximate surface area is 79.6 Å². The van der Waals surface area contributed by atoms with Gasteiger partial charge in [0.05, 0.1) is 6.54 Å². The summed E-state index contributed by atoms with van der Waals surface area (Å²) < 4.78 is 4.35. The first-order valence-electron chi connectivity index (χ1n) is 4.41. The average Bonchev–Trinajstić information content (AvgIpc) is 2.77. The van der Waals surface area contributed by atoms with Crippen LogP contribution in [0, 0.1) is 0 Å². The molecule has 1 aromatic rings. The normalized spacial score (nSPS) is 15.0. The number of aromatic amines is 1. The van der Waals surface area contributed by atoms with Crippen LogP contribution in [0.15, 0.2) is 14.3 Å². The molecule has 0 amide bonds. The molecule has 0 aromatic carbocycles. The third-order valence-electron chi connectivity index (χ3n) is 1.81. The van der Waals surface area contributed by atoms with E-state index in [1.165, 1.54) is 0 Å². The molecule has 7 nitrogen and oxygen atoms in total. The highest BCUT2D eigenvalue weighted by molar-refractivity contribution is 5.81. The highest BCUT2D eigenvalue weighted by atomic mass is 16.5. The van der Waals surface area contributed by atoms with Crippen molar-refractivity contribution in [1.29, 1.82) is 0 Å². The van der Waals surface area contributed by atoms with Crippen LogP contribution in [0.5, 0.6) is 0 Å². The molecule has 0 aliphatic carbocycles. The molecule has 1 aliphatic rings. The summed E-state index contributed by atoms with van der Waals surface area (Å²) in [5.74, 6) is 0.827. The van der Waals surface area contributed by atoms with Gasteiger partial charge in [0.25, 0.3) is 0 Å². The molecular formula is C7H11N5O2. The number of aromatic nitrogens is 2. The van der Waals surface area contributed by atoms with Crippen molar-refractivity contribution in [1.82, 2.24) is 20.8 Å². The van der Waals surface area contributed by atoms with Crippen molar-refractivity contribution in [3.05, 3.63) is 16.4 Å². The van der Waals surface area contributed by atoms with Crippen LogP contribution in [0.4, 0.5) is 0 Å². The summed E-state index contributed by atoms with van der Waals surface area (Å²) in [7, 11) is 0. The molecule has 1 aliphatic heterocycles. The van der Waals surface area contributed by atoms with Gasteiger partial charge in [-0.3, -0.25) is 14.5 Å². The van der Waals surface area contributed by atoms with E-state index in [0.29, 0.717) is 18.8 Å². The Morgan fingerprint density at radius 3 is 3.14 bits per heavy atom. The van der Waals surface area contributed by atoms with Gasteiger partial charge in [-0.05, 0) is 0 Å². The second-order valence-corrected chi connectivity index (χ2v) is 2.88. The highest BCUT2D eigenvalue weighted by Gasteiger charge is 2.04. The Balaban J connectivity index is 1.75. The van der Waals surface area contributed by atoms with Gasteiger partial charge in [-0.1, -0.05) is 5.16 Å². The van der Waals surface area contributed by atoms with Gasteiger partial charge in [-0.15, -0.1) is 0 Å². The summed E-state index contributed by atoms with van der Waals surface area (Å²) >= 11 is 0. The molecule has 2 rings (SSSR count). The lowest BCUT2D eigenvalue weighted by atomic mass is 10.4. The van der Waals surface area contributed by atoms with E-state index in [2.05, 4.69) is 30.3 Å². The van der Waals surface area contributed by atoms with E-state index in [9.17, 15) is 4.79 Å². The van der Waals surface area contributed by atoms with Gasteiger partial charge in [0.1, 0.15) is 0 Å². The summed E-state index contributed by atoms with van der Waals surface area (Å²) in [5, 5.41) is 9.68. The maximum absolute atomic E-state index is 10.6. The predicted molar refractivity (Wildman–Crippen MR) is 49.1 cm³/mol. The molecule has 3 N–H and O–H groups in total. The van der Waals surface area contributed by atoms with E-state index in [0.717, 1.165) is 19.0 Å². The molecule has 0 saturated carbocycles. The standard InChI is InChI=1S/C7H11N5O2/c13-7-11-5(12-14-7)1-2-8-6-9-3-4-10-6/h1-4H2,(H2,8,9,10)(H,11,12,13). The van der Waals surface area contributed by atoms with Crippen LogP contribution in [0.3, 0.4) is 0 Å². The summed E-state index contributed by atoms with van der Waals surface area (Å²) in [5.41, 5.74) is 0. The van der Waals surface area contributed by atoms with Crippen LogP contribution >= 0.6 is 0 Å². The summed E-state index contributed by atoms with van der Waals surface area (Å²) in [4.78, 5) is 17.2. The fourth-order valence-corrected chi connectivity index (χ4v) is 1.18. The molecule has 1 aromatic heterocycles. The topological polar surface area (TPSA) is 95.3 Å². The zero-order valence-electron chi connectivity index (χ0n) is 7.54. The minimum absolute atomic E-state index is 0.517. The van der Waals surface area contributed by atoms with E-state index in [1.54, 1.807) is 0 Å². The quantitative estimate of drug-likeness (QED) is 0.545. The number of H-pyrrole nitrogens is 1. The van der Waals surface area contributed by atoms with E-state index in [4.69, 9.17) is 0 Å². The second-order valence-electron chi connectivity index (χ2n) is 2.88. The predicted octanol–water partition coefficient (Wildman–Crippen LogP) is -1.55. The molecule has 0 spiro atoms. The first-order chi connectivity index (χ1) is 6.84.